The quantitative estimate of drug-likeness (QED) is 0.884. The molecule has 1 aliphatic rings. The van der Waals surface area contributed by atoms with E-state index in [1.165, 1.54) is 10.5 Å². The fourth-order valence-electron chi connectivity index (χ4n) is 2.27. The second-order valence-corrected chi connectivity index (χ2v) is 6.63. The number of hydrogen-bond donors (Lipinski definition) is 1. The molecule has 18 heavy (non-hydrogen) atoms. The van der Waals surface area contributed by atoms with Crippen molar-refractivity contribution in [3.05, 3.63) is 24.5 Å². The van der Waals surface area contributed by atoms with Crippen LogP contribution in [0.4, 0.5) is 0 Å². The second-order valence-electron chi connectivity index (χ2n) is 4.74. The van der Waals surface area contributed by atoms with E-state index in [4.69, 9.17) is 0 Å². The number of aliphatic hydroxyl groups is 1. The van der Waals surface area contributed by atoms with E-state index in [1.54, 1.807) is 18.3 Å². The van der Waals surface area contributed by atoms with Crippen LogP contribution in [0.25, 0.3) is 0 Å². The average Bonchev–Trinajstić information content (AvgIpc) is 2.40. The Labute approximate surface area is 108 Å². The first kappa shape index (κ1) is 13.5. The molecule has 0 aliphatic carbocycles. The summed E-state index contributed by atoms with van der Waals surface area (Å²) in [5.41, 5.74) is 0. The molecular weight excluding hydrogens is 252 g/mol. The summed E-state index contributed by atoms with van der Waals surface area (Å²) < 4.78 is 26.4. The van der Waals surface area contributed by atoms with Crippen LogP contribution in [-0.2, 0) is 10.0 Å². The van der Waals surface area contributed by atoms with Gasteiger partial charge >= 0.3 is 0 Å². The maximum absolute atomic E-state index is 12.5. The van der Waals surface area contributed by atoms with Crippen molar-refractivity contribution in [1.82, 2.24) is 9.29 Å². The van der Waals surface area contributed by atoms with Crippen molar-refractivity contribution in [2.75, 3.05) is 13.2 Å². The smallest absolute Gasteiger partial charge is 0.244 e. The van der Waals surface area contributed by atoms with Gasteiger partial charge in [0, 0.05) is 31.6 Å². The zero-order chi connectivity index (χ0) is 13.2. The maximum atomic E-state index is 12.5. The largest absolute Gasteiger partial charge is 0.396 e. The number of nitrogens with zero attached hydrogens (tertiary/aromatic N) is 2. The first-order valence-electron chi connectivity index (χ1n) is 6.08. The summed E-state index contributed by atoms with van der Waals surface area (Å²) in [6, 6.07) is 3.14. The first-order chi connectivity index (χ1) is 8.55. The molecule has 0 aromatic carbocycles. The fourth-order valence-corrected chi connectivity index (χ4v) is 3.97. The highest BCUT2D eigenvalue weighted by Crippen LogP contribution is 2.27. The summed E-state index contributed by atoms with van der Waals surface area (Å²) in [7, 11) is -3.49. The minimum Gasteiger partial charge on any atom is -0.396 e. The first-order valence-corrected chi connectivity index (χ1v) is 7.52. The lowest BCUT2D eigenvalue weighted by Crippen LogP contribution is -2.46. The van der Waals surface area contributed by atoms with Crippen LogP contribution >= 0.6 is 0 Å². The van der Waals surface area contributed by atoms with Gasteiger partial charge in [-0.1, -0.05) is 0 Å². The SMILES string of the molecule is CC1CCC(CO)CN1S(=O)(=O)c1cccnc1. The Hall–Kier alpha value is -0.980. The molecular formula is C12H18N2O3S. The number of aromatic nitrogens is 1. The lowest BCUT2D eigenvalue weighted by Gasteiger charge is -2.36. The van der Waals surface area contributed by atoms with Crippen LogP contribution in [0.1, 0.15) is 19.8 Å². The van der Waals surface area contributed by atoms with E-state index in [2.05, 4.69) is 4.98 Å². The molecule has 2 unspecified atom stereocenters. The van der Waals surface area contributed by atoms with Gasteiger partial charge in [-0.15, -0.1) is 0 Å². The summed E-state index contributed by atoms with van der Waals surface area (Å²) in [5.74, 6) is 0.0349. The van der Waals surface area contributed by atoms with Crippen LogP contribution in [0.3, 0.4) is 0 Å². The zero-order valence-electron chi connectivity index (χ0n) is 10.4. The van der Waals surface area contributed by atoms with E-state index in [-0.39, 0.29) is 23.5 Å². The Balaban J connectivity index is 2.29. The van der Waals surface area contributed by atoms with Gasteiger partial charge in [0.1, 0.15) is 4.90 Å². The van der Waals surface area contributed by atoms with Crippen LogP contribution in [0.2, 0.25) is 0 Å². The Morgan fingerprint density at radius 3 is 2.89 bits per heavy atom. The minimum absolute atomic E-state index is 0.0296. The maximum Gasteiger partial charge on any atom is 0.244 e. The number of piperidine rings is 1. The van der Waals surface area contributed by atoms with E-state index >= 15 is 0 Å². The van der Waals surface area contributed by atoms with E-state index in [0.717, 1.165) is 12.8 Å². The third-order valence-electron chi connectivity index (χ3n) is 3.42. The average molecular weight is 270 g/mol. The van der Waals surface area contributed by atoms with Crippen LogP contribution in [0.5, 0.6) is 0 Å². The summed E-state index contributed by atoms with van der Waals surface area (Å²) in [5, 5.41) is 9.20. The predicted molar refractivity (Wildman–Crippen MR) is 67.4 cm³/mol. The summed E-state index contributed by atoms with van der Waals surface area (Å²) in [4.78, 5) is 4.07. The molecule has 2 atom stereocenters. The topological polar surface area (TPSA) is 70.5 Å². The lowest BCUT2D eigenvalue weighted by molar-refractivity contribution is 0.139. The number of rotatable bonds is 3. The van der Waals surface area contributed by atoms with E-state index in [0.29, 0.717) is 6.54 Å². The zero-order valence-corrected chi connectivity index (χ0v) is 11.2. The van der Waals surface area contributed by atoms with Gasteiger partial charge in [0.2, 0.25) is 10.0 Å². The molecule has 2 rings (SSSR count). The fraction of sp³-hybridized carbons (Fsp3) is 0.583. The molecule has 0 radical (unpaired) electrons. The van der Waals surface area contributed by atoms with Crippen molar-refractivity contribution in [3.8, 4) is 0 Å². The van der Waals surface area contributed by atoms with Crippen molar-refractivity contribution < 1.29 is 13.5 Å². The summed E-state index contributed by atoms with van der Waals surface area (Å²) in [6.45, 7) is 2.32. The van der Waals surface area contributed by atoms with Crippen LogP contribution in [-0.4, -0.2) is 42.0 Å². The molecule has 5 nitrogen and oxygen atoms in total. The molecule has 1 aromatic rings. The van der Waals surface area contributed by atoms with E-state index < -0.39 is 10.0 Å². The number of sulfonamides is 1. The molecule has 0 bridgehead atoms. The normalized spacial score (nSPS) is 26.1. The van der Waals surface area contributed by atoms with Gasteiger partial charge in [0.05, 0.1) is 0 Å². The third-order valence-corrected chi connectivity index (χ3v) is 5.39. The highest BCUT2D eigenvalue weighted by Gasteiger charge is 2.34. The molecule has 0 amide bonds. The Morgan fingerprint density at radius 2 is 2.28 bits per heavy atom. The third kappa shape index (κ3) is 2.55. The number of pyridine rings is 1. The molecule has 1 saturated heterocycles. The highest BCUT2D eigenvalue weighted by atomic mass is 32.2. The van der Waals surface area contributed by atoms with Crippen LogP contribution in [0.15, 0.2) is 29.4 Å². The van der Waals surface area contributed by atoms with Gasteiger partial charge in [0.15, 0.2) is 0 Å². The predicted octanol–water partition coefficient (Wildman–Crippen LogP) is 0.863. The van der Waals surface area contributed by atoms with Crippen LogP contribution < -0.4 is 0 Å². The molecule has 2 heterocycles. The monoisotopic (exact) mass is 270 g/mol. The van der Waals surface area contributed by atoms with Crippen molar-refractivity contribution in [2.24, 2.45) is 5.92 Å². The minimum atomic E-state index is -3.49. The van der Waals surface area contributed by atoms with Gasteiger partial charge in [0.25, 0.3) is 0 Å². The van der Waals surface area contributed by atoms with Gasteiger partial charge in [-0.05, 0) is 37.8 Å². The lowest BCUT2D eigenvalue weighted by atomic mass is 9.96. The van der Waals surface area contributed by atoms with E-state index in [1.807, 2.05) is 6.92 Å². The Morgan fingerprint density at radius 1 is 1.50 bits per heavy atom. The van der Waals surface area contributed by atoms with Gasteiger partial charge in [-0.25, -0.2) is 8.42 Å². The molecule has 0 saturated carbocycles. The van der Waals surface area contributed by atoms with Crippen molar-refractivity contribution >= 4 is 10.0 Å². The van der Waals surface area contributed by atoms with Gasteiger partial charge in [-0.3, -0.25) is 4.98 Å². The molecule has 1 fully saturated rings. The number of aliphatic hydroxyl groups excluding tert-OH is 1. The molecule has 1 N–H and O–H groups in total. The van der Waals surface area contributed by atoms with Crippen LogP contribution in [0, 0.1) is 5.92 Å². The van der Waals surface area contributed by atoms with Crippen molar-refractivity contribution in [3.63, 3.8) is 0 Å². The summed E-state index contributed by atoms with van der Waals surface area (Å²) in [6.07, 6.45) is 4.57. The standard InChI is InChI=1S/C12H18N2O3S/c1-10-4-5-11(9-15)8-14(10)18(16,17)12-3-2-6-13-7-12/h2-3,6-7,10-11,15H,4-5,8-9H2,1H3. The molecule has 1 aromatic heterocycles. The highest BCUT2D eigenvalue weighted by molar-refractivity contribution is 7.89. The molecule has 0 spiro atoms. The van der Waals surface area contributed by atoms with Gasteiger partial charge < -0.3 is 5.11 Å². The molecule has 100 valence electrons. The number of hydrogen-bond acceptors (Lipinski definition) is 4. The molecule has 1 aliphatic heterocycles. The van der Waals surface area contributed by atoms with Crippen molar-refractivity contribution in [2.45, 2.75) is 30.7 Å². The van der Waals surface area contributed by atoms with Crippen molar-refractivity contribution in [1.29, 1.82) is 0 Å². The molecule has 6 heteroatoms. The van der Waals surface area contributed by atoms with Gasteiger partial charge in [-0.2, -0.15) is 4.31 Å². The Bertz CT molecular complexity index is 489. The second kappa shape index (κ2) is 5.34. The summed E-state index contributed by atoms with van der Waals surface area (Å²) >= 11 is 0. The van der Waals surface area contributed by atoms with E-state index in [9.17, 15) is 13.5 Å². The Kier molecular flexibility index (Phi) is 3.99.